The number of hydrogen-bond acceptors (Lipinski definition) is 6. The van der Waals surface area contributed by atoms with E-state index < -0.39 is 0 Å². The second-order valence-corrected chi connectivity index (χ2v) is 9.81. The largest absolute Gasteiger partial charge is 0.394 e. The summed E-state index contributed by atoms with van der Waals surface area (Å²) in [7, 11) is 0. The van der Waals surface area contributed by atoms with Crippen LogP contribution in [0.5, 0.6) is 0 Å². The van der Waals surface area contributed by atoms with Crippen molar-refractivity contribution in [2.75, 3.05) is 52.3 Å². The fourth-order valence-electron chi connectivity index (χ4n) is 1.48. The monoisotopic (exact) mass is 474 g/mol. The van der Waals surface area contributed by atoms with E-state index in [2.05, 4.69) is 27.7 Å². The van der Waals surface area contributed by atoms with Crippen molar-refractivity contribution in [2.24, 2.45) is 0 Å². The summed E-state index contributed by atoms with van der Waals surface area (Å²) in [5, 5.41) is 8.41. The first-order chi connectivity index (χ1) is 13.7. The standard InChI is InChI=1S/C10H22O4.C8H18O.C5H11ClO.CH4/c1-10(2,3)14-9-8-13-7-6-12-5-4-11;1-5-6-7-9-8(2,3)4;1-5(2,3)7-4-6;/h11H,4-9H2,1-3H3;5-7H2,1-4H3;4H2,1-3H3;1H4. The molecule has 6 nitrogen and oxygen atoms in total. The van der Waals surface area contributed by atoms with Gasteiger partial charge in [-0.3, -0.25) is 0 Å². The molecule has 0 aliphatic rings. The maximum Gasteiger partial charge on any atom is 0.121 e. The molecule has 7 heteroatoms. The summed E-state index contributed by atoms with van der Waals surface area (Å²) in [6.45, 7) is 24.0. The number of ether oxygens (including phenoxy) is 5. The average Bonchev–Trinajstić information content (AvgIpc) is 2.55. The first-order valence-electron chi connectivity index (χ1n) is 10.9. The average molecular weight is 475 g/mol. The van der Waals surface area contributed by atoms with Crippen LogP contribution in [0.4, 0.5) is 0 Å². The molecule has 0 atom stereocenters. The van der Waals surface area contributed by atoms with Crippen LogP contribution in [-0.4, -0.2) is 74.2 Å². The molecule has 0 bridgehead atoms. The summed E-state index contributed by atoms with van der Waals surface area (Å²) in [6.07, 6.45) is 2.40. The van der Waals surface area contributed by atoms with Gasteiger partial charge < -0.3 is 28.8 Å². The highest BCUT2D eigenvalue weighted by molar-refractivity contribution is 6.17. The number of unbranched alkanes of at least 4 members (excludes halogenated alkanes) is 1. The Bertz CT molecular complexity index is 332. The van der Waals surface area contributed by atoms with Gasteiger partial charge in [0.2, 0.25) is 0 Å². The molecule has 194 valence electrons. The summed E-state index contributed by atoms with van der Waals surface area (Å²) in [6, 6.07) is 0.281. The van der Waals surface area contributed by atoms with Gasteiger partial charge in [0.1, 0.15) is 6.07 Å². The van der Waals surface area contributed by atoms with Crippen molar-refractivity contribution in [2.45, 2.75) is 106 Å². The van der Waals surface area contributed by atoms with E-state index in [4.69, 9.17) is 40.4 Å². The molecule has 0 spiro atoms. The molecule has 0 aromatic rings. The maximum absolute atomic E-state index is 8.41. The minimum atomic E-state index is -0.100. The van der Waals surface area contributed by atoms with Gasteiger partial charge >= 0.3 is 0 Å². The van der Waals surface area contributed by atoms with Gasteiger partial charge in [0.15, 0.2) is 0 Å². The van der Waals surface area contributed by atoms with E-state index in [1.54, 1.807) is 0 Å². The molecule has 0 aromatic heterocycles. The summed E-state index contributed by atoms with van der Waals surface area (Å²) >= 11 is 5.26. The predicted molar refractivity (Wildman–Crippen MR) is 133 cm³/mol. The van der Waals surface area contributed by atoms with Crippen LogP contribution >= 0.6 is 11.6 Å². The van der Waals surface area contributed by atoms with E-state index in [9.17, 15) is 0 Å². The summed E-state index contributed by atoms with van der Waals surface area (Å²) in [5.74, 6) is 0. The Morgan fingerprint density at radius 1 is 0.613 bits per heavy atom. The SMILES string of the molecule is C.CC(C)(C)OCCOCCOCCO.CC(C)(C)OCCl.CCCCOC(C)(C)C. The lowest BCUT2D eigenvalue weighted by Crippen LogP contribution is -2.22. The highest BCUT2D eigenvalue weighted by Gasteiger charge is 2.09. The summed E-state index contributed by atoms with van der Waals surface area (Å²) in [4.78, 5) is 0. The van der Waals surface area contributed by atoms with Crippen LogP contribution in [-0.2, 0) is 23.7 Å². The molecule has 0 fully saturated rings. The quantitative estimate of drug-likeness (QED) is 0.274. The Kier molecular flexibility index (Phi) is 28.7. The van der Waals surface area contributed by atoms with Crippen LogP contribution < -0.4 is 0 Å². The fourth-order valence-corrected chi connectivity index (χ4v) is 1.81. The number of hydrogen-bond donors (Lipinski definition) is 1. The van der Waals surface area contributed by atoms with Gasteiger partial charge in [0, 0.05) is 6.61 Å². The Labute approximate surface area is 199 Å². The van der Waals surface area contributed by atoms with Gasteiger partial charge in [-0.1, -0.05) is 32.4 Å². The third-order valence-corrected chi connectivity index (χ3v) is 3.00. The van der Waals surface area contributed by atoms with Crippen molar-refractivity contribution in [3.05, 3.63) is 0 Å². The lowest BCUT2D eigenvalue weighted by molar-refractivity contribution is -0.0436. The predicted octanol–water partition coefficient (Wildman–Crippen LogP) is 6.06. The highest BCUT2D eigenvalue weighted by atomic mass is 35.5. The molecule has 0 heterocycles. The van der Waals surface area contributed by atoms with Crippen LogP contribution in [0.15, 0.2) is 0 Å². The lowest BCUT2D eigenvalue weighted by Gasteiger charge is -2.19. The molecule has 1 N–H and O–H groups in total. The second kappa shape index (κ2) is 23.2. The topological polar surface area (TPSA) is 66.4 Å². The molecule has 0 radical (unpaired) electrons. The van der Waals surface area contributed by atoms with Gasteiger partial charge in [-0.2, -0.15) is 0 Å². The van der Waals surface area contributed by atoms with Gasteiger partial charge in [-0.15, -0.1) is 0 Å². The van der Waals surface area contributed by atoms with Crippen LogP contribution in [0.25, 0.3) is 0 Å². The molecule has 0 aromatic carbocycles. The normalized spacial score (nSPS) is 11.6. The summed E-state index contributed by atoms with van der Waals surface area (Å²) in [5.41, 5.74) is -0.131. The minimum Gasteiger partial charge on any atom is -0.394 e. The van der Waals surface area contributed by atoms with Crippen molar-refractivity contribution in [1.29, 1.82) is 0 Å². The number of rotatable bonds is 12. The first kappa shape index (κ1) is 38.3. The Hall–Kier alpha value is 0.0500. The zero-order valence-corrected chi connectivity index (χ0v) is 22.2. The zero-order chi connectivity index (χ0) is 24.1. The molecule has 0 unspecified atom stereocenters. The molecule has 0 saturated heterocycles. The second-order valence-electron chi connectivity index (χ2n) is 9.59. The molecule has 0 amide bonds. The van der Waals surface area contributed by atoms with Crippen molar-refractivity contribution in [3.63, 3.8) is 0 Å². The van der Waals surface area contributed by atoms with Crippen molar-refractivity contribution >= 4 is 11.6 Å². The number of alkyl halides is 1. The smallest absolute Gasteiger partial charge is 0.121 e. The molecule has 0 saturated carbocycles. The van der Waals surface area contributed by atoms with Gasteiger partial charge in [0.05, 0.1) is 56.4 Å². The van der Waals surface area contributed by atoms with Crippen LogP contribution in [0.3, 0.4) is 0 Å². The van der Waals surface area contributed by atoms with E-state index in [1.165, 1.54) is 12.8 Å². The van der Waals surface area contributed by atoms with E-state index in [1.807, 2.05) is 41.5 Å². The number of halogens is 1. The maximum atomic E-state index is 8.41. The van der Waals surface area contributed by atoms with E-state index in [-0.39, 0.29) is 36.9 Å². The number of aliphatic hydroxyl groups excluding tert-OH is 1. The van der Waals surface area contributed by atoms with Gasteiger partial charge in [-0.05, 0) is 68.7 Å². The third-order valence-electron chi connectivity index (χ3n) is 2.89. The summed E-state index contributed by atoms with van der Waals surface area (Å²) < 4.78 is 26.2. The Morgan fingerprint density at radius 2 is 1.00 bits per heavy atom. The van der Waals surface area contributed by atoms with E-state index in [0.717, 1.165) is 6.61 Å². The molecule has 0 rings (SSSR count). The Morgan fingerprint density at radius 3 is 1.32 bits per heavy atom. The fraction of sp³-hybridized carbons (Fsp3) is 1.00. The van der Waals surface area contributed by atoms with Crippen LogP contribution in [0, 0.1) is 0 Å². The van der Waals surface area contributed by atoms with Gasteiger partial charge in [-0.25, -0.2) is 0 Å². The zero-order valence-electron chi connectivity index (χ0n) is 21.4. The van der Waals surface area contributed by atoms with Crippen molar-refractivity contribution < 1.29 is 28.8 Å². The van der Waals surface area contributed by atoms with E-state index in [0.29, 0.717) is 33.0 Å². The van der Waals surface area contributed by atoms with Crippen LogP contribution in [0.2, 0.25) is 0 Å². The minimum absolute atomic E-state index is 0. The number of aliphatic hydroxyl groups is 1. The molecular formula is C24H55ClO6. The van der Waals surface area contributed by atoms with E-state index >= 15 is 0 Å². The molecule has 0 aliphatic heterocycles. The molecule has 31 heavy (non-hydrogen) atoms. The van der Waals surface area contributed by atoms with Crippen molar-refractivity contribution in [1.82, 2.24) is 0 Å². The van der Waals surface area contributed by atoms with Gasteiger partial charge in [0.25, 0.3) is 0 Å². The third kappa shape index (κ3) is 53.4. The van der Waals surface area contributed by atoms with Crippen molar-refractivity contribution in [3.8, 4) is 0 Å². The Balaban J connectivity index is -0.000000186. The molecule has 0 aliphatic carbocycles. The van der Waals surface area contributed by atoms with Crippen LogP contribution in [0.1, 0.15) is 89.5 Å². The highest BCUT2D eigenvalue weighted by Crippen LogP contribution is 2.07. The first-order valence-corrected chi connectivity index (χ1v) is 11.5. The lowest BCUT2D eigenvalue weighted by atomic mass is 10.2. The molecular weight excluding hydrogens is 420 g/mol.